The summed E-state index contributed by atoms with van der Waals surface area (Å²) in [5.41, 5.74) is 1.02. The second-order valence-electron chi connectivity index (χ2n) is 6.86. The lowest BCUT2D eigenvalue weighted by atomic mass is 10.2. The fourth-order valence-electron chi connectivity index (χ4n) is 2.50. The van der Waals surface area contributed by atoms with E-state index < -0.39 is 28.5 Å². The van der Waals surface area contributed by atoms with E-state index >= 15 is 0 Å². The Labute approximate surface area is 171 Å². The molecule has 158 valence electrons. The van der Waals surface area contributed by atoms with Crippen molar-refractivity contribution in [2.24, 2.45) is 0 Å². The summed E-state index contributed by atoms with van der Waals surface area (Å²) in [4.78, 5) is 12.5. The Morgan fingerprint density at radius 1 is 1.14 bits per heavy atom. The third-order valence-corrected chi connectivity index (χ3v) is 5.72. The zero-order chi connectivity index (χ0) is 21.6. The summed E-state index contributed by atoms with van der Waals surface area (Å²) in [7, 11) is -1.21. The molecule has 0 radical (unpaired) electrons. The number of ether oxygens (including phenoxy) is 1. The lowest BCUT2D eigenvalue weighted by Crippen LogP contribution is -2.45. The third-order valence-electron chi connectivity index (χ3n) is 3.90. The molecule has 0 saturated carbocycles. The molecule has 0 spiro atoms. The van der Waals surface area contributed by atoms with Gasteiger partial charge in [-0.15, -0.1) is 0 Å². The van der Waals surface area contributed by atoms with E-state index in [0.717, 1.165) is 26.3 Å². The summed E-state index contributed by atoms with van der Waals surface area (Å²) in [5, 5.41) is 2.71. The predicted octanol–water partition coefficient (Wildman–Crippen LogP) is 2.54. The first-order valence-corrected chi connectivity index (χ1v) is 10.5. The third kappa shape index (κ3) is 6.43. The smallest absolute Gasteiger partial charge is 0.304 e. The molecule has 0 unspecified atom stereocenters. The maximum absolute atomic E-state index is 13.2. The zero-order valence-corrected chi connectivity index (χ0v) is 17.7. The fraction of sp³-hybridized carbons (Fsp3) is 0.350. The second-order valence-corrected chi connectivity index (χ2v) is 8.93. The quantitative estimate of drug-likeness (QED) is 0.672. The number of nitrogens with one attached hydrogen (secondary N) is 1. The highest BCUT2D eigenvalue weighted by molar-refractivity contribution is 7.90. The van der Waals surface area contributed by atoms with Crippen LogP contribution in [0.5, 0.6) is 5.75 Å². The Morgan fingerprint density at radius 3 is 2.38 bits per heavy atom. The summed E-state index contributed by atoms with van der Waals surface area (Å²) in [6.07, 6.45) is 0.0281. The largest absolute Gasteiger partial charge is 0.491 e. The molecule has 2 aromatic rings. The number of anilines is 1. The van der Waals surface area contributed by atoms with Crippen molar-refractivity contribution in [3.8, 4) is 5.75 Å². The van der Waals surface area contributed by atoms with Gasteiger partial charge in [0.25, 0.3) is 0 Å². The number of carbonyl (C=O) groups excluding carboxylic acids is 1. The van der Waals surface area contributed by atoms with Crippen molar-refractivity contribution in [3.63, 3.8) is 0 Å². The molecule has 0 aromatic heterocycles. The van der Waals surface area contributed by atoms with Gasteiger partial charge in [-0.1, -0.05) is 12.1 Å². The fourth-order valence-corrected chi connectivity index (χ4v) is 3.56. The summed E-state index contributed by atoms with van der Waals surface area (Å²) < 4.78 is 46.0. The number of hydrogen-bond acceptors (Lipinski definition) is 4. The van der Waals surface area contributed by atoms with Crippen molar-refractivity contribution in [2.75, 3.05) is 24.9 Å². The second kappa shape index (κ2) is 9.71. The summed E-state index contributed by atoms with van der Waals surface area (Å²) in [6.45, 7) is 3.62. The van der Waals surface area contributed by atoms with Crippen LogP contribution in [0.4, 0.5) is 10.1 Å². The number of amides is 1. The van der Waals surface area contributed by atoms with Gasteiger partial charge in [-0.05, 0) is 55.8 Å². The van der Waals surface area contributed by atoms with Gasteiger partial charge in [-0.3, -0.25) is 4.79 Å². The normalized spacial score (nSPS) is 11.6. The molecule has 0 heterocycles. The highest BCUT2D eigenvalue weighted by Gasteiger charge is 2.27. The van der Waals surface area contributed by atoms with Crippen LogP contribution in [-0.2, 0) is 21.5 Å². The minimum atomic E-state index is -3.94. The van der Waals surface area contributed by atoms with Crippen molar-refractivity contribution in [1.29, 1.82) is 0 Å². The van der Waals surface area contributed by atoms with Crippen LogP contribution in [0.15, 0.2) is 48.5 Å². The molecular weight excluding hydrogens is 397 g/mol. The Bertz CT molecular complexity index is 931. The van der Waals surface area contributed by atoms with Crippen LogP contribution in [0.3, 0.4) is 0 Å². The topological polar surface area (TPSA) is 79.0 Å². The van der Waals surface area contributed by atoms with Crippen LogP contribution in [0, 0.1) is 5.82 Å². The molecule has 0 aliphatic heterocycles. The van der Waals surface area contributed by atoms with Gasteiger partial charge >= 0.3 is 10.2 Å². The van der Waals surface area contributed by atoms with E-state index in [1.54, 1.807) is 0 Å². The number of nitrogens with zero attached hydrogens (tertiary/aromatic N) is 2. The molecule has 2 rings (SSSR count). The standard InChI is InChI=1S/C20H26FN3O4S/c1-15(2)28-19-7-5-6-16(12-19)13-22-20(25)14-24(29(26,27)23(3)4)18-10-8-17(21)9-11-18/h5-12,15H,13-14H2,1-4H3,(H,22,25). The highest BCUT2D eigenvalue weighted by Crippen LogP contribution is 2.20. The number of rotatable bonds is 9. The molecule has 0 aliphatic carbocycles. The van der Waals surface area contributed by atoms with Gasteiger partial charge in [0.1, 0.15) is 18.1 Å². The van der Waals surface area contributed by atoms with Crippen molar-refractivity contribution in [3.05, 3.63) is 59.9 Å². The van der Waals surface area contributed by atoms with E-state index in [1.165, 1.54) is 26.2 Å². The van der Waals surface area contributed by atoms with Gasteiger partial charge in [-0.2, -0.15) is 12.7 Å². The molecule has 0 fully saturated rings. The minimum Gasteiger partial charge on any atom is -0.491 e. The van der Waals surface area contributed by atoms with Crippen molar-refractivity contribution < 1.29 is 22.3 Å². The molecule has 1 N–H and O–H groups in total. The van der Waals surface area contributed by atoms with E-state index in [4.69, 9.17) is 4.74 Å². The number of benzene rings is 2. The molecule has 2 aromatic carbocycles. The first-order valence-electron chi connectivity index (χ1n) is 9.07. The Balaban J connectivity index is 2.11. The van der Waals surface area contributed by atoms with Crippen molar-refractivity contribution >= 4 is 21.8 Å². The van der Waals surface area contributed by atoms with Crippen LogP contribution in [0.2, 0.25) is 0 Å². The SMILES string of the molecule is CC(C)Oc1cccc(CNC(=O)CN(c2ccc(F)cc2)S(=O)(=O)N(C)C)c1. The Hall–Kier alpha value is -2.65. The highest BCUT2D eigenvalue weighted by atomic mass is 32.2. The average Bonchev–Trinajstić information content (AvgIpc) is 2.65. The van der Waals surface area contributed by atoms with E-state index in [2.05, 4.69) is 5.32 Å². The molecule has 0 bridgehead atoms. The summed E-state index contributed by atoms with van der Waals surface area (Å²) >= 11 is 0. The molecule has 0 atom stereocenters. The lowest BCUT2D eigenvalue weighted by molar-refractivity contribution is -0.119. The monoisotopic (exact) mass is 423 g/mol. The van der Waals surface area contributed by atoms with Crippen LogP contribution < -0.4 is 14.4 Å². The van der Waals surface area contributed by atoms with E-state index in [1.807, 2.05) is 38.1 Å². The lowest BCUT2D eigenvalue weighted by Gasteiger charge is -2.27. The van der Waals surface area contributed by atoms with Crippen LogP contribution in [-0.4, -0.2) is 45.4 Å². The first kappa shape index (κ1) is 22.6. The maximum atomic E-state index is 13.2. The number of carbonyl (C=O) groups is 1. The maximum Gasteiger partial charge on any atom is 0.304 e. The molecule has 0 saturated heterocycles. The summed E-state index contributed by atoms with van der Waals surface area (Å²) in [5.74, 6) is -0.297. The Kier molecular flexibility index (Phi) is 7.58. The van der Waals surface area contributed by atoms with Crippen molar-refractivity contribution in [2.45, 2.75) is 26.5 Å². The van der Waals surface area contributed by atoms with Crippen LogP contribution >= 0.6 is 0 Å². The predicted molar refractivity (Wildman–Crippen MR) is 110 cm³/mol. The van der Waals surface area contributed by atoms with Gasteiger partial charge in [0.2, 0.25) is 5.91 Å². The number of hydrogen-bond donors (Lipinski definition) is 1. The molecule has 1 amide bonds. The van der Waals surface area contributed by atoms with E-state index in [9.17, 15) is 17.6 Å². The van der Waals surface area contributed by atoms with E-state index in [-0.39, 0.29) is 18.3 Å². The molecule has 29 heavy (non-hydrogen) atoms. The average molecular weight is 424 g/mol. The molecular formula is C20H26FN3O4S. The number of halogens is 1. The van der Waals surface area contributed by atoms with Gasteiger partial charge in [0, 0.05) is 20.6 Å². The van der Waals surface area contributed by atoms with Crippen molar-refractivity contribution in [1.82, 2.24) is 9.62 Å². The molecule has 9 heteroatoms. The summed E-state index contributed by atoms with van der Waals surface area (Å²) in [6, 6.07) is 12.2. The van der Waals surface area contributed by atoms with Crippen LogP contribution in [0.25, 0.3) is 0 Å². The van der Waals surface area contributed by atoms with E-state index in [0.29, 0.717) is 5.75 Å². The van der Waals surface area contributed by atoms with Gasteiger partial charge < -0.3 is 10.1 Å². The van der Waals surface area contributed by atoms with Gasteiger partial charge in [0.05, 0.1) is 11.8 Å². The Morgan fingerprint density at radius 2 is 1.79 bits per heavy atom. The van der Waals surface area contributed by atoms with Gasteiger partial charge in [-0.25, -0.2) is 8.70 Å². The van der Waals surface area contributed by atoms with Gasteiger partial charge in [0.15, 0.2) is 0 Å². The molecule has 0 aliphatic rings. The zero-order valence-electron chi connectivity index (χ0n) is 16.9. The molecule has 7 nitrogen and oxygen atoms in total. The minimum absolute atomic E-state index is 0.0281. The van der Waals surface area contributed by atoms with Crippen LogP contribution in [0.1, 0.15) is 19.4 Å². The first-order chi connectivity index (χ1) is 13.6.